The fourth-order valence-electron chi connectivity index (χ4n) is 3.02. The van der Waals surface area contributed by atoms with Crippen LogP contribution in [0.25, 0.3) is 10.1 Å². The van der Waals surface area contributed by atoms with Gasteiger partial charge in [0.2, 0.25) is 0 Å². The van der Waals surface area contributed by atoms with Gasteiger partial charge in [-0.2, -0.15) is 0 Å². The molecule has 0 saturated heterocycles. The molecule has 0 atom stereocenters. The third-order valence-electron chi connectivity index (χ3n) is 4.42. The topological polar surface area (TPSA) is 124 Å². The van der Waals surface area contributed by atoms with Gasteiger partial charge >= 0.3 is 11.9 Å². The Kier molecular flexibility index (Phi) is 6.08. The predicted molar refractivity (Wildman–Crippen MR) is 108 cm³/mol. The number of hydrogen-bond acceptors (Lipinski definition) is 5. The van der Waals surface area contributed by atoms with Crippen molar-refractivity contribution >= 4 is 39.3 Å². The molecule has 0 saturated carbocycles. The average molecular weight is 413 g/mol. The second-order valence-electron chi connectivity index (χ2n) is 6.36. The van der Waals surface area contributed by atoms with E-state index in [0.29, 0.717) is 18.7 Å². The summed E-state index contributed by atoms with van der Waals surface area (Å²) in [4.78, 5) is 42.4. The summed E-state index contributed by atoms with van der Waals surface area (Å²) in [5.74, 6) is -2.38. The van der Waals surface area contributed by atoms with E-state index in [4.69, 9.17) is 10.2 Å². The summed E-state index contributed by atoms with van der Waals surface area (Å²) < 4.78 is 1.20. The number of benzene rings is 1. The third-order valence-corrected chi connectivity index (χ3v) is 5.65. The van der Waals surface area contributed by atoms with Gasteiger partial charge < -0.3 is 20.1 Å². The Labute approximate surface area is 170 Å². The van der Waals surface area contributed by atoms with E-state index < -0.39 is 11.9 Å². The van der Waals surface area contributed by atoms with Gasteiger partial charge in [0.15, 0.2) is 0 Å². The molecule has 1 aliphatic rings. The van der Waals surface area contributed by atoms with E-state index in [1.807, 2.05) is 30.0 Å². The van der Waals surface area contributed by atoms with Crippen LogP contribution in [0, 0.1) is 6.92 Å². The number of amides is 1. The van der Waals surface area contributed by atoms with Crippen LogP contribution in [0.2, 0.25) is 0 Å². The van der Waals surface area contributed by atoms with Crippen LogP contribution in [0.5, 0.6) is 0 Å². The van der Waals surface area contributed by atoms with Crippen molar-refractivity contribution in [3.63, 3.8) is 0 Å². The number of aryl methyl sites for hydroxylation is 1. The number of aliphatic carboxylic acids is 2. The molecule has 0 radical (unpaired) electrons. The number of thiophene rings is 1. The molecular formula is C20H19N3O5S. The molecule has 8 nitrogen and oxygen atoms in total. The van der Waals surface area contributed by atoms with E-state index in [1.165, 1.54) is 9.58 Å². The molecule has 0 unspecified atom stereocenters. The van der Waals surface area contributed by atoms with E-state index in [1.54, 1.807) is 17.7 Å². The number of carboxylic acid groups (broad SMARTS) is 2. The summed E-state index contributed by atoms with van der Waals surface area (Å²) in [5, 5.41) is 16.7. The normalized spacial score (nSPS) is 13.3. The second-order valence-corrected chi connectivity index (χ2v) is 7.49. The maximum Gasteiger partial charge on any atom is 0.328 e. The Bertz CT molecular complexity index is 1080. The summed E-state index contributed by atoms with van der Waals surface area (Å²) in [6.45, 7) is 3.34. The molecule has 150 valence electrons. The average Bonchev–Trinajstić information content (AvgIpc) is 3.26. The maximum atomic E-state index is 12.8. The summed E-state index contributed by atoms with van der Waals surface area (Å²) in [6.07, 6.45) is 3.74. The first kappa shape index (κ1) is 20.3. The van der Waals surface area contributed by atoms with Gasteiger partial charge in [-0.25, -0.2) is 14.6 Å². The zero-order valence-corrected chi connectivity index (χ0v) is 16.4. The lowest BCUT2D eigenvalue weighted by Gasteiger charge is -2.26. The van der Waals surface area contributed by atoms with Crippen molar-refractivity contribution in [2.45, 2.75) is 19.9 Å². The quantitative estimate of drug-likeness (QED) is 0.565. The minimum absolute atomic E-state index is 0.135. The molecule has 3 heterocycles. The molecular weight excluding hydrogens is 394 g/mol. The van der Waals surface area contributed by atoms with E-state index in [-0.39, 0.29) is 5.91 Å². The fraction of sp³-hybridized carbons (Fsp3) is 0.200. The molecule has 4 rings (SSSR count). The number of rotatable bonds is 4. The van der Waals surface area contributed by atoms with E-state index >= 15 is 0 Å². The van der Waals surface area contributed by atoms with Crippen molar-refractivity contribution < 1.29 is 24.6 Å². The largest absolute Gasteiger partial charge is 0.478 e. The lowest BCUT2D eigenvalue weighted by atomic mass is 10.0. The number of hydrogen-bond donors (Lipinski definition) is 3. The van der Waals surface area contributed by atoms with Crippen LogP contribution in [0.4, 0.5) is 0 Å². The number of carbonyl (C=O) groups is 3. The molecule has 29 heavy (non-hydrogen) atoms. The molecule has 1 aromatic carbocycles. The highest BCUT2D eigenvalue weighted by atomic mass is 32.1. The number of carboxylic acids is 2. The highest BCUT2D eigenvalue weighted by Crippen LogP contribution is 2.35. The van der Waals surface area contributed by atoms with Gasteiger partial charge in [-0.1, -0.05) is 18.2 Å². The zero-order chi connectivity index (χ0) is 21.0. The molecule has 3 N–H and O–H groups in total. The summed E-state index contributed by atoms with van der Waals surface area (Å²) in [6, 6.07) is 8.17. The number of H-pyrrole nitrogens is 1. The highest BCUT2D eigenvalue weighted by Gasteiger charge is 2.28. The minimum Gasteiger partial charge on any atom is -0.478 e. The maximum absolute atomic E-state index is 12.8. The predicted octanol–water partition coefficient (Wildman–Crippen LogP) is 2.84. The lowest BCUT2D eigenvalue weighted by Crippen LogP contribution is -2.36. The van der Waals surface area contributed by atoms with Gasteiger partial charge in [0.05, 0.1) is 24.1 Å². The van der Waals surface area contributed by atoms with Gasteiger partial charge in [-0.05, 0) is 13.0 Å². The van der Waals surface area contributed by atoms with Gasteiger partial charge in [-0.3, -0.25) is 4.79 Å². The van der Waals surface area contributed by atoms with Crippen molar-refractivity contribution in [2.75, 3.05) is 6.54 Å². The van der Waals surface area contributed by atoms with Crippen molar-refractivity contribution in [3.8, 4) is 0 Å². The molecule has 0 bridgehead atoms. The number of carbonyl (C=O) groups excluding carboxylic acids is 1. The van der Waals surface area contributed by atoms with Crippen molar-refractivity contribution in [1.29, 1.82) is 0 Å². The molecule has 0 aliphatic carbocycles. The SMILES string of the molecule is Cc1[nH]cnc1CN1CCc2sc3ccccc3c2C1=O.O=C(O)C=CC(=O)O. The Morgan fingerprint density at radius 3 is 2.55 bits per heavy atom. The Balaban J connectivity index is 0.000000258. The van der Waals surface area contributed by atoms with Crippen molar-refractivity contribution in [2.24, 2.45) is 0 Å². The number of nitrogens with zero attached hydrogens (tertiary/aromatic N) is 2. The van der Waals surface area contributed by atoms with Gasteiger partial charge in [0, 0.05) is 45.8 Å². The van der Waals surface area contributed by atoms with Crippen molar-refractivity contribution in [3.05, 3.63) is 64.6 Å². The first-order chi connectivity index (χ1) is 13.9. The first-order valence-electron chi connectivity index (χ1n) is 8.79. The summed E-state index contributed by atoms with van der Waals surface area (Å²) >= 11 is 1.75. The van der Waals surface area contributed by atoms with Gasteiger partial charge in [0.1, 0.15) is 0 Å². The molecule has 0 spiro atoms. The van der Waals surface area contributed by atoms with Crippen LogP contribution < -0.4 is 0 Å². The molecule has 0 fully saturated rings. The summed E-state index contributed by atoms with van der Waals surface area (Å²) in [5.41, 5.74) is 2.88. The van der Waals surface area contributed by atoms with Crippen LogP contribution >= 0.6 is 11.3 Å². The van der Waals surface area contributed by atoms with E-state index in [9.17, 15) is 14.4 Å². The number of aromatic nitrogens is 2. The molecule has 3 aromatic rings. The summed E-state index contributed by atoms with van der Waals surface area (Å²) in [7, 11) is 0. The van der Waals surface area contributed by atoms with Gasteiger partial charge in [0.25, 0.3) is 5.91 Å². The molecule has 1 amide bonds. The number of nitrogens with one attached hydrogen (secondary N) is 1. The first-order valence-corrected chi connectivity index (χ1v) is 9.61. The number of imidazole rings is 1. The van der Waals surface area contributed by atoms with Crippen LogP contribution in [0.3, 0.4) is 0 Å². The number of fused-ring (bicyclic) bond motifs is 3. The second kappa shape index (κ2) is 8.70. The Hall–Kier alpha value is -3.46. The smallest absolute Gasteiger partial charge is 0.328 e. The minimum atomic E-state index is -1.26. The fourth-order valence-corrected chi connectivity index (χ4v) is 4.21. The van der Waals surface area contributed by atoms with Gasteiger partial charge in [-0.15, -0.1) is 11.3 Å². The zero-order valence-electron chi connectivity index (χ0n) is 15.6. The monoisotopic (exact) mass is 413 g/mol. The van der Waals surface area contributed by atoms with Crippen LogP contribution in [0.15, 0.2) is 42.7 Å². The Morgan fingerprint density at radius 2 is 1.93 bits per heavy atom. The van der Waals surface area contributed by atoms with E-state index in [0.717, 1.165) is 35.3 Å². The number of aromatic amines is 1. The highest BCUT2D eigenvalue weighted by molar-refractivity contribution is 7.19. The molecule has 2 aromatic heterocycles. The standard InChI is InChI=1S/C16H15N3OS.C4H4O4/c1-10-12(18-9-17-10)8-19-7-6-14-15(16(19)20)11-4-2-3-5-13(11)21-14;5-3(6)1-2-4(7)8/h2-5,9H,6-8H2,1H3,(H,17,18);1-2H,(H,5,6)(H,7,8). The van der Waals surface area contributed by atoms with Crippen LogP contribution in [-0.2, 0) is 22.6 Å². The van der Waals surface area contributed by atoms with Crippen molar-refractivity contribution in [1.82, 2.24) is 14.9 Å². The molecule has 1 aliphatic heterocycles. The van der Waals surface area contributed by atoms with E-state index in [2.05, 4.69) is 16.0 Å². The van der Waals surface area contributed by atoms with Crippen LogP contribution in [0.1, 0.15) is 26.6 Å². The lowest BCUT2D eigenvalue weighted by molar-refractivity contribution is -0.134. The third kappa shape index (κ3) is 4.69. The van der Waals surface area contributed by atoms with Crippen LogP contribution in [-0.4, -0.2) is 49.5 Å². The molecule has 9 heteroatoms. The Morgan fingerprint density at radius 1 is 1.24 bits per heavy atom.